The molecule has 34 heavy (non-hydrogen) atoms. The van der Waals surface area contributed by atoms with E-state index in [1.165, 1.54) is 38.6 Å². The van der Waals surface area contributed by atoms with Gasteiger partial charge in [-0.15, -0.1) is 0 Å². The Kier molecular flexibility index (Phi) is 8.29. The Balaban J connectivity index is 1.40. The van der Waals surface area contributed by atoms with Crippen LogP contribution in [0, 0.1) is 29.1 Å². The van der Waals surface area contributed by atoms with Crippen molar-refractivity contribution in [2.75, 3.05) is 20.1 Å². The lowest BCUT2D eigenvalue weighted by Crippen LogP contribution is -2.51. The fourth-order valence-electron chi connectivity index (χ4n) is 7.88. The number of alkyl halides is 1. The van der Waals surface area contributed by atoms with Crippen molar-refractivity contribution < 1.29 is 14.6 Å². The van der Waals surface area contributed by atoms with Crippen LogP contribution in [0.1, 0.15) is 95.6 Å². The van der Waals surface area contributed by atoms with Gasteiger partial charge in [-0.05, 0) is 124 Å². The Hall–Kier alpha value is -1.13. The first-order chi connectivity index (χ1) is 16.2. The van der Waals surface area contributed by atoms with E-state index >= 15 is 4.39 Å². The van der Waals surface area contributed by atoms with Gasteiger partial charge in [0, 0.05) is 5.92 Å². The number of rotatable bonds is 10. The van der Waals surface area contributed by atoms with Crippen LogP contribution in [0.25, 0.3) is 0 Å². The first kappa shape index (κ1) is 25.9. The topological polar surface area (TPSA) is 43.7 Å². The lowest BCUT2D eigenvalue weighted by molar-refractivity contribution is -0.0722. The molecule has 0 amide bonds. The largest absolute Gasteiger partial charge is 0.508 e. The number of aromatic hydroxyl groups is 1. The number of fused-ring (bicyclic) bond motifs is 5. The fraction of sp³-hybridized carbons (Fsp3) is 0.800. The zero-order chi connectivity index (χ0) is 24.5. The molecule has 1 aromatic carbocycles. The van der Waals surface area contributed by atoms with Crippen LogP contribution in [0.2, 0.25) is 0 Å². The van der Waals surface area contributed by atoms with E-state index in [0.717, 1.165) is 49.3 Å². The van der Waals surface area contributed by atoms with Gasteiger partial charge in [0.25, 0.3) is 0 Å². The van der Waals surface area contributed by atoms with Crippen molar-refractivity contribution >= 4 is 0 Å². The van der Waals surface area contributed by atoms with E-state index in [-0.39, 0.29) is 17.4 Å². The quantitative estimate of drug-likeness (QED) is 0.371. The van der Waals surface area contributed by atoms with Crippen molar-refractivity contribution in [2.24, 2.45) is 29.1 Å². The summed E-state index contributed by atoms with van der Waals surface area (Å²) in [7, 11) is 2.24. The maximum absolute atomic E-state index is 15.8. The summed E-state index contributed by atoms with van der Waals surface area (Å²) in [6.07, 6.45) is 9.30. The van der Waals surface area contributed by atoms with Crippen molar-refractivity contribution in [3.05, 3.63) is 29.3 Å². The molecule has 0 aromatic heterocycles. The number of hydrogen-bond donors (Lipinski definition) is 2. The fourth-order valence-corrected chi connectivity index (χ4v) is 7.88. The molecule has 192 valence electrons. The third-order valence-electron chi connectivity index (χ3n) is 9.71. The van der Waals surface area contributed by atoms with E-state index < -0.39 is 6.17 Å². The molecule has 0 bridgehead atoms. The molecule has 2 fully saturated rings. The monoisotopic (exact) mass is 473 g/mol. The van der Waals surface area contributed by atoms with Gasteiger partial charge in [0.15, 0.2) is 0 Å². The van der Waals surface area contributed by atoms with Gasteiger partial charge in [-0.25, -0.2) is 4.39 Å². The number of aliphatic hydroxyl groups is 1. The summed E-state index contributed by atoms with van der Waals surface area (Å²) < 4.78 is 15.8. The molecule has 0 unspecified atom stereocenters. The molecule has 0 aliphatic heterocycles. The van der Waals surface area contributed by atoms with Gasteiger partial charge < -0.3 is 15.1 Å². The van der Waals surface area contributed by atoms with Crippen LogP contribution < -0.4 is 0 Å². The first-order valence-electron chi connectivity index (χ1n) is 14.0. The molecule has 4 rings (SSSR count). The van der Waals surface area contributed by atoms with E-state index in [2.05, 4.69) is 32.7 Å². The van der Waals surface area contributed by atoms with Crippen molar-refractivity contribution in [3.8, 4) is 5.75 Å². The van der Waals surface area contributed by atoms with E-state index in [9.17, 15) is 10.2 Å². The molecule has 3 aliphatic carbocycles. The summed E-state index contributed by atoms with van der Waals surface area (Å²) in [5.41, 5.74) is 1.99. The van der Waals surface area contributed by atoms with Crippen LogP contribution in [-0.4, -0.2) is 47.5 Å². The molecule has 0 radical (unpaired) electrons. The summed E-state index contributed by atoms with van der Waals surface area (Å²) in [5.74, 6) is 2.15. The predicted molar refractivity (Wildman–Crippen MR) is 138 cm³/mol. The smallest absolute Gasteiger partial charge is 0.115 e. The summed E-state index contributed by atoms with van der Waals surface area (Å²) in [6.45, 7) is 9.08. The van der Waals surface area contributed by atoms with Crippen LogP contribution in [0.15, 0.2) is 18.2 Å². The highest BCUT2D eigenvalue weighted by Gasteiger charge is 2.59. The second-order valence-corrected chi connectivity index (χ2v) is 12.6. The molecular weight excluding hydrogens is 425 g/mol. The second-order valence-electron chi connectivity index (χ2n) is 12.6. The third kappa shape index (κ3) is 5.33. The number of aliphatic hydroxyl groups excluding tert-OH is 1. The van der Waals surface area contributed by atoms with Gasteiger partial charge in [0.1, 0.15) is 11.9 Å². The van der Waals surface area contributed by atoms with Crippen LogP contribution in [0.4, 0.5) is 4.39 Å². The number of halogens is 1. The van der Waals surface area contributed by atoms with Crippen LogP contribution in [-0.2, 0) is 6.42 Å². The molecule has 2 saturated carbocycles. The SMILES string of the molecule is CC(C)CCCN(C)CCCCC[C@@H]1Cc2cc(O)ccc2[C@@H]2[C@@H]1[C@@H]1CC[C@H](O)[C@@]1(C)C[C@@H]2F. The Bertz CT molecular complexity index is 813. The molecule has 0 saturated heterocycles. The Morgan fingerprint density at radius 2 is 1.88 bits per heavy atom. The minimum atomic E-state index is -0.912. The molecule has 4 heteroatoms. The summed E-state index contributed by atoms with van der Waals surface area (Å²) >= 11 is 0. The van der Waals surface area contributed by atoms with Crippen molar-refractivity contribution in [3.63, 3.8) is 0 Å². The second kappa shape index (κ2) is 10.9. The van der Waals surface area contributed by atoms with E-state index in [0.29, 0.717) is 29.9 Å². The minimum Gasteiger partial charge on any atom is -0.508 e. The van der Waals surface area contributed by atoms with Crippen LogP contribution in [0.5, 0.6) is 5.75 Å². The number of benzene rings is 1. The number of unbranched alkanes of at least 4 members (excludes halogenated alkanes) is 2. The zero-order valence-corrected chi connectivity index (χ0v) is 22.0. The van der Waals surface area contributed by atoms with Crippen molar-refractivity contribution in [2.45, 2.75) is 103 Å². The Morgan fingerprint density at radius 1 is 1.12 bits per heavy atom. The van der Waals surface area contributed by atoms with Crippen LogP contribution >= 0.6 is 0 Å². The molecular formula is C30H48FNO2. The molecule has 0 heterocycles. The highest BCUT2D eigenvalue weighted by molar-refractivity contribution is 5.41. The van der Waals surface area contributed by atoms with Gasteiger partial charge in [-0.3, -0.25) is 0 Å². The highest BCUT2D eigenvalue weighted by Crippen LogP contribution is 2.63. The molecule has 0 spiro atoms. The number of hydrogen-bond acceptors (Lipinski definition) is 3. The maximum Gasteiger partial charge on any atom is 0.115 e. The molecule has 3 aliphatic rings. The Labute approximate surface area is 207 Å². The lowest BCUT2D eigenvalue weighted by atomic mass is 9.51. The van der Waals surface area contributed by atoms with E-state index in [1.54, 1.807) is 6.07 Å². The Morgan fingerprint density at radius 3 is 2.65 bits per heavy atom. The molecule has 3 nitrogen and oxygen atoms in total. The molecule has 7 atom stereocenters. The number of nitrogens with zero attached hydrogens (tertiary/aromatic N) is 1. The summed E-state index contributed by atoms with van der Waals surface area (Å²) in [6, 6.07) is 5.60. The maximum atomic E-state index is 15.8. The van der Waals surface area contributed by atoms with Crippen molar-refractivity contribution in [1.82, 2.24) is 4.90 Å². The average Bonchev–Trinajstić information content (AvgIpc) is 3.06. The van der Waals surface area contributed by atoms with Gasteiger partial charge in [0.05, 0.1) is 6.10 Å². The van der Waals surface area contributed by atoms with Crippen molar-refractivity contribution in [1.29, 1.82) is 0 Å². The van der Waals surface area contributed by atoms with E-state index in [1.807, 2.05) is 12.1 Å². The zero-order valence-electron chi connectivity index (χ0n) is 22.0. The van der Waals surface area contributed by atoms with Gasteiger partial charge in [-0.1, -0.05) is 39.7 Å². The normalized spacial score (nSPS) is 34.8. The highest BCUT2D eigenvalue weighted by atomic mass is 19.1. The number of phenols is 1. The van der Waals surface area contributed by atoms with Gasteiger partial charge >= 0.3 is 0 Å². The van der Waals surface area contributed by atoms with Gasteiger partial charge in [0.2, 0.25) is 0 Å². The summed E-state index contributed by atoms with van der Waals surface area (Å²) in [4.78, 5) is 2.47. The van der Waals surface area contributed by atoms with Gasteiger partial charge in [-0.2, -0.15) is 0 Å². The van der Waals surface area contributed by atoms with Crippen LogP contribution in [0.3, 0.4) is 0 Å². The average molecular weight is 474 g/mol. The first-order valence-corrected chi connectivity index (χ1v) is 14.0. The summed E-state index contributed by atoms with van der Waals surface area (Å²) in [5, 5.41) is 20.9. The number of phenolic OH excluding ortho intramolecular Hbond substituents is 1. The molecule has 1 aromatic rings. The lowest BCUT2D eigenvalue weighted by Gasteiger charge is -2.54. The molecule has 2 N–H and O–H groups in total. The predicted octanol–water partition coefficient (Wildman–Crippen LogP) is 6.71. The van der Waals surface area contributed by atoms with E-state index in [4.69, 9.17) is 0 Å². The third-order valence-corrected chi connectivity index (χ3v) is 9.71. The minimum absolute atomic E-state index is 0.0789. The standard InChI is InChI=1S/C30H48FNO2/c1-20(2)9-8-16-32(4)15-7-5-6-10-21-17-22-18-23(33)11-12-24(22)29-26(31)19-30(3)25(28(21)29)13-14-27(30)34/h11-12,18,20-21,25-29,33-34H,5-10,13-17,19H2,1-4H3/t21-,25+,26+,27+,28+,29+,30+/m1/s1.